The van der Waals surface area contributed by atoms with Gasteiger partial charge in [0, 0.05) is 35.0 Å². The SMILES string of the molecule is C[C@@H](Cc1c(F)cccc1F)NC(=O)CCc1ncc(-c2ccc(Cl)cc2)o1. The molecule has 4 nitrogen and oxygen atoms in total. The number of benzene rings is 2. The molecule has 1 aromatic heterocycles. The summed E-state index contributed by atoms with van der Waals surface area (Å²) in [6.07, 6.45) is 2.15. The normalized spacial score (nSPS) is 12.0. The predicted octanol–water partition coefficient (Wildman–Crippen LogP) is 4.95. The van der Waals surface area contributed by atoms with Gasteiger partial charge in [0.1, 0.15) is 11.6 Å². The number of halogens is 3. The van der Waals surface area contributed by atoms with Crippen LogP contribution in [0.25, 0.3) is 11.3 Å². The Balaban J connectivity index is 1.51. The van der Waals surface area contributed by atoms with Gasteiger partial charge in [-0.3, -0.25) is 4.79 Å². The van der Waals surface area contributed by atoms with E-state index in [0.717, 1.165) is 5.56 Å². The van der Waals surface area contributed by atoms with Crippen LogP contribution in [0.15, 0.2) is 53.1 Å². The molecule has 28 heavy (non-hydrogen) atoms. The summed E-state index contributed by atoms with van der Waals surface area (Å²) in [6.45, 7) is 1.70. The standard InChI is InChI=1S/C21H19ClF2N2O2/c1-13(11-16-17(23)3-2-4-18(16)24)26-20(27)9-10-21-25-12-19(28-21)14-5-7-15(22)8-6-14/h2-8,12-13H,9-11H2,1H3,(H,26,27)/t13-/m0/s1. The molecule has 0 unspecified atom stereocenters. The Morgan fingerprint density at radius 3 is 2.54 bits per heavy atom. The lowest BCUT2D eigenvalue weighted by Crippen LogP contribution is -2.34. The van der Waals surface area contributed by atoms with Crippen LogP contribution in [-0.4, -0.2) is 16.9 Å². The predicted molar refractivity (Wildman–Crippen MR) is 103 cm³/mol. The Bertz CT molecular complexity index is 937. The molecule has 0 bridgehead atoms. The maximum absolute atomic E-state index is 13.7. The van der Waals surface area contributed by atoms with Gasteiger partial charge in [-0.05, 0) is 49.7 Å². The quantitative estimate of drug-likeness (QED) is 0.606. The summed E-state index contributed by atoms with van der Waals surface area (Å²) in [7, 11) is 0. The van der Waals surface area contributed by atoms with Crippen molar-refractivity contribution in [2.45, 2.75) is 32.2 Å². The lowest BCUT2D eigenvalue weighted by molar-refractivity contribution is -0.121. The topological polar surface area (TPSA) is 55.1 Å². The number of oxazole rings is 1. The summed E-state index contributed by atoms with van der Waals surface area (Å²) in [4.78, 5) is 16.3. The third-order valence-electron chi connectivity index (χ3n) is 4.23. The number of nitrogens with zero attached hydrogens (tertiary/aromatic N) is 1. The Labute approximate surface area is 166 Å². The molecule has 146 valence electrons. The number of carbonyl (C=O) groups excluding carboxylic acids is 1. The number of amides is 1. The molecule has 2 aromatic carbocycles. The number of aryl methyl sites for hydroxylation is 1. The molecule has 1 heterocycles. The molecular formula is C21H19ClF2N2O2. The minimum atomic E-state index is -0.615. The molecule has 1 amide bonds. The molecule has 0 saturated heterocycles. The van der Waals surface area contributed by atoms with E-state index < -0.39 is 17.7 Å². The summed E-state index contributed by atoms with van der Waals surface area (Å²) in [5, 5.41) is 3.37. The number of nitrogens with one attached hydrogen (secondary N) is 1. The van der Waals surface area contributed by atoms with Crippen molar-refractivity contribution >= 4 is 17.5 Å². The van der Waals surface area contributed by atoms with Crippen molar-refractivity contribution in [2.75, 3.05) is 0 Å². The largest absolute Gasteiger partial charge is 0.441 e. The molecular weight excluding hydrogens is 386 g/mol. The molecule has 7 heteroatoms. The molecule has 1 N–H and O–H groups in total. The van der Waals surface area contributed by atoms with E-state index in [0.29, 0.717) is 23.1 Å². The maximum Gasteiger partial charge on any atom is 0.220 e. The van der Waals surface area contributed by atoms with Gasteiger partial charge >= 0.3 is 0 Å². The number of aromatic nitrogens is 1. The Hall–Kier alpha value is -2.73. The van der Waals surface area contributed by atoms with Gasteiger partial charge in [-0.2, -0.15) is 0 Å². The molecule has 1 atom stereocenters. The fourth-order valence-corrected chi connectivity index (χ4v) is 2.95. The molecule has 3 rings (SSSR count). The fraction of sp³-hybridized carbons (Fsp3) is 0.238. The smallest absolute Gasteiger partial charge is 0.220 e. The monoisotopic (exact) mass is 404 g/mol. The van der Waals surface area contributed by atoms with Crippen LogP contribution >= 0.6 is 11.6 Å². The van der Waals surface area contributed by atoms with E-state index >= 15 is 0 Å². The lowest BCUT2D eigenvalue weighted by Gasteiger charge is -2.14. The van der Waals surface area contributed by atoms with Crippen LogP contribution in [0.5, 0.6) is 0 Å². The van der Waals surface area contributed by atoms with Crippen LogP contribution in [0.4, 0.5) is 8.78 Å². The van der Waals surface area contributed by atoms with Crippen molar-refractivity contribution in [3.05, 3.63) is 76.8 Å². The molecule has 3 aromatic rings. The van der Waals surface area contributed by atoms with Crippen molar-refractivity contribution < 1.29 is 18.0 Å². The molecule has 0 spiro atoms. The van der Waals surface area contributed by atoms with E-state index in [1.807, 2.05) is 12.1 Å². The number of rotatable bonds is 7. The van der Waals surface area contributed by atoms with Crippen LogP contribution in [0.2, 0.25) is 5.02 Å². The molecule has 0 radical (unpaired) electrons. The maximum atomic E-state index is 13.7. The summed E-state index contributed by atoms with van der Waals surface area (Å²) in [5.74, 6) is -0.440. The highest BCUT2D eigenvalue weighted by atomic mass is 35.5. The van der Waals surface area contributed by atoms with Crippen molar-refractivity contribution in [3.8, 4) is 11.3 Å². The van der Waals surface area contributed by atoms with Crippen molar-refractivity contribution in [1.82, 2.24) is 10.3 Å². The lowest BCUT2D eigenvalue weighted by atomic mass is 10.1. The summed E-state index contributed by atoms with van der Waals surface area (Å²) in [5.41, 5.74) is 0.809. The van der Waals surface area contributed by atoms with E-state index in [4.69, 9.17) is 16.0 Å². The van der Waals surface area contributed by atoms with Gasteiger partial charge in [-0.25, -0.2) is 13.8 Å². The van der Waals surface area contributed by atoms with Gasteiger partial charge < -0.3 is 9.73 Å². The second-order valence-corrected chi connectivity index (χ2v) is 6.93. The van der Waals surface area contributed by atoms with E-state index in [2.05, 4.69) is 10.3 Å². The van der Waals surface area contributed by atoms with Crippen LogP contribution in [0.1, 0.15) is 24.8 Å². The zero-order chi connectivity index (χ0) is 20.1. The Kier molecular flexibility index (Phi) is 6.41. The van der Waals surface area contributed by atoms with Gasteiger partial charge in [-0.15, -0.1) is 0 Å². The van der Waals surface area contributed by atoms with E-state index in [1.54, 1.807) is 25.3 Å². The summed E-state index contributed by atoms with van der Waals surface area (Å²) in [6, 6.07) is 10.5. The van der Waals surface area contributed by atoms with Gasteiger partial charge in [0.15, 0.2) is 11.7 Å². The van der Waals surface area contributed by atoms with Gasteiger partial charge in [0.2, 0.25) is 5.91 Å². The van der Waals surface area contributed by atoms with Crippen molar-refractivity contribution in [2.24, 2.45) is 0 Å². The first-order valence-corrected chi connectivity index (χ1v) is 9.23. The zero-order valence-corrected chi connectivity index (χ0v) is 16.0. The summed E-state index contributed by atoms with van der Waals surface area (Å²) < 4.78 is 33.1. The fourth-order valence-electron chi connectivity index (χ4n) is 2.83. The molecule has 0 aliphatic heterocycles. The molecule has 0 fully saturated rings. The third-order valence-corrected chi connectivity index (χ3v) is 4.48. The first kappa shape index (κ1) is 20.0. The van der Waals surface area contributed by atoms with Crippen LogP contribution in [-0.2, 0) is 17.6 Å². The van der Waals surface area contributed by atoms with E-state index in [-0.39, 0.29) is 24.3 Å². The second-order valence-electron chi connectivity index (χ2n) is 6.50. The highest BCUT2D eigenvalue weighted by Crippen LogP contribution is 2.22. The van der Waals surface area contributed by atoms with E-state index in [1.165, 1.54) is 18.2 Å². The summed E-state index contributed by atoms with van der Waals surface area (Å²) >= 11 is 5.87. The van der Waals surface area contributed by atoms with Gasteiger partial charge in [0.25, 0.3) is 0 Å². The van der Waals surface area contributed by atoms with Crippen molar-refractivity contribution in [3.63, 3.8) is 0 Å². The Morgan fingerprint density at radius 1 is 1.18 bits per heavy atom. The van der Waals surface area contributed by atoms with Gasteiger partial charge in [-0.1, -0.05) is 17.7 Å². The van der Waals surface area contributed by atoms with E-state index in [9.17, 15) is 13.6 Å². The highest BCUT2D eigenvalue weighted by molar-refractivity contribution is 6.30. The minimum absolute atomic E-state index is 0.0318. The average Bonchev–Trinajstić information content (AvgIpc) is 3.13. The second kappa shape index (κ2) is 8.97. The molecule has 0 saturated carbocycles. The number of hydrogen-bond donors (Lipinski definition) is 1. The third kappa shape index (κ3) is 5.16. The highest BCUT2D eigenvalue weighted by Gasteiger charge is 2.15. The molecule has 0 aliphatic carbocycles. The van der Waals surface area contributed by atoms with Crippen molar-refractivity contribution in [1.29, 1.82) is 0 Å². The number of carbonyl (C=O) groups is 1. The first-order valence-electron chi connectivity index (χ1n) is 8.85. The molecule has 0 aliphatic rings. The van der Waals surface area contributed by atoms with Crippen LogP contribution in [0.3, 0.4) is 0 Å². The average molecular weight is 405 g/mol. The van der Waals surface area contributed by atoms with Crippen LogP contribution < -0.4 is 5.32 Å². The number of hydrogen-bond acceptors (Lipinski definition) is 3. The van der Waals surface area contributed by atoms with Crippen LogP contribution in [0, 0.1) is 11.6 Å². The first-order chi connectivity index (χ1) is 13.4. The zero-order valence-electron chi connectivity index (χ0n) is 15.2. The minimum Gasteiger partial charge on any atom is -0.441 e. The van der Waals surface area contributed by atoms with Gasteiger partial charge in [0.05, 0.1) is 6.20 Å². The Morgan fingerprint density at radius 2 is 1.86 bits per heavy atom.